The summed E-state index contributed by atoms with van der Waals surface area (Å²) in [6.07, 6.45) is 0. The van der Waals surface area contributed by atoms with E-state index in [1.165, 1.54) is 6.07 Å². The molecule has 0 aliphatic rings. The van der Waals surface area contributed by atoms with Crippen molar-refractivity contribution in [3.05, 3.63) is 53.1 Å². The molecule has 1 N–H and O–H groups in total. The molecule has 84 valence electrons. The van der Waals surface area contributed by atoms with E-state index < -0.39 is 0 Å². The van der Waals surface area contributed by atoms with E-state index in [2.05, 4.69) is 12.1 Å². The lowest BCUT2D eigenvalue weighted by Gasteiger charge is -2.08. The molecule has 0 aliphatic heterocycles. The number of phenols is 1. The summed E-state index contributed by atoms with van der Waals surface area (Å²) in [4.78, 5) is 0. The standard InChI is InChI=1S/C15H13NO/c1-10-3-4-11(2)15(5-10)13-6-12(9-16)7-14(17)8-13/h3-8,17H,1-2H3. The maximum Gasteiger partial charge on any atom is 0.117 e. The molecular weight excluding hydrogens is 210 g/mol. The maximum absolute atomic E-state index is 9.60. The number of benzene rings is 2. The van der Waals surface area contributed by atoms with Crippen molar-refractivity contribution in [2.24, 2.45) is 0 Å². The van der Waals surface area contributed by atoms with E-state index in [0.29, 0.717) is 5.56 Å². The summed E-state index contributed by atoms with van der Waals surface area (Å²) in [5.74, 6) is 0.125. The molecule has 0 saturated heterocycles. The van der Waals surface area contributed by atoms with Crippen molar-refractivity contribution in [2.45, 2.75) is 13.8 Å². The lowest BCUT2D eigenvalue weighted by Crippen LogP contribution is -1.86. The van der Waals surface area contributed by atoms with Crippen LogP contribution in [0.25, 0.3) is 11.1 Å². The summed E-state index contributed by atoms with van der Waals surface area (Å²) in [7, 11) is 0. The second kappa shape index (κ2) is 4.31. The van der Waals surface area contributed by atoms with Crippen molar-refractivity contribution >= 4 is 0 Å². The molecule has 0 unspecified atom stereocenters. The van der Waals surface area contributed by atoms with Gasteiger partial charge >= 0.3 is 0 Å². The number of nitriles is 1. The van der Waals surface area contributed by atoms with E-state index >= 15 is 0 Å². The highest BCUT2D eigenvalue weighted by atomic mass is 16.3. The van der Waals surface area contributed by atoms with Gasteiger partial charge < -0.3 is 5.11 Å². The van der Waals surface area contributed by atoms with E-state index in [1.807, 2.05) is 26.0 Å². The first kappa shape index (κ1) is 11.2. The van der Waals surface area contributed by atoms with Crippen LogP contribution in [0.15, 0.2) is 36.4 Å². The Kier molecular flexibility index (Phi) is 2.84. The highest BCUT2D eigenvalue weighted by molar-refractivity contribution is 5.70. The van der Waals surface area contributed by atoms with Crippen molar-refractivity contribution in [3.63, 3.8) is 0 Å². The Hall–Kier alpha value is -2.27. The molecule has 2 rings (SSSR count). The fourth-order valence-electron chi connectivity index (χ4n) is 1.88. The summed E-state index contributed by atoms with van der Waals surface area (Å²) in [5, 5.41) is 18.5. The predicted octanol–water partition coefficient (Wildman–Crippen LogP) is 3.55. The van der Waals surface area contributed by atoms with Gasteiger partial charge in [0, 0.05) is 0 Å². The lowest BCUT2D eigenvalue weighted by molar-refractivity contribution is 0.475. The van der Waals surface area contributed by atoms with Gasteiger partial charge in [-0.1, -0.05) is 23.8 Å². The summed E-state index contributed by atoms with van der Waals surface area (Å²) in [6, 6.07) is 13.1. The minimum Gasteiger partial charge on any atom is -0.508 e. The first-order chi connectivity index (χ1) is 8.10. The van der Waals surface area contributed by atoms with Crippen LogP contribution in [0.4, 0.5) is 0 Å². The SMILES string of the molecule is Cc1ccc(C)c(-c2cc(O)cc(C#N)c2)c1. The summed E-state index contributed by atoms with van der Waals surface area (Å²) < 4.78 is 0. The molecular formula is C15H13NO. The van der Waals surface area contributed by atoms with Gasteiger partial charge in [0.25, 0.3) is 0 Å². The van der Waals surface area contributed by atoms with E-state index in [9.17, 15) is 5.11 Å². The molecule has 0 amide bonds. The van der Waals surface area contributed by atoms with Crippen LogP contribution in [0, 0.1) is 25.2 Å². The molecule has 0 fully saturated rings. The highest BCUT2D eigenvalue weighted by Crippen LogP contribution is 2.28. The Labute approximate surface area is 101 Å². The van der Waals surface area contributed by atoms with Gasteiger partial charge in [-0.3, -0.25) is 0 Å². The molecule has 0 bridgehead atoms. The Bertz CT molecular complexity index is 609. The van der Waals surface area contributed by atoms with Crippen LogP contribution < -0.4 is 0 Å². The smallest absolute Gasteiger partial charge is 0.117 e. The quantitative estimate of drug-likeness (QED) is 0.803. The van der Waals surface area contributed by atoms with Crippen molar-refractivity contribution in [3.8, 4) is 22.9 Å². The van der Waals surface area contributed by atoms with Crippen molar-refractivity contribution in [2.75, 3.05) is 0 Å². The molecule has 0 saturated carbocycles. The zero-order valence-electron chi connectivity index (χ0n) is 9.86. The van der Waals surface area contributed by atoms with E-state index in [-0.39, 0.29) is 5.75 Å². The molecule has 0 aliphatic carbocycles. The number of aryl methyl sites for hydroxylation is 2. The number of hydrogen-bond acceptors (Lipinski definition) is 2. The van der Waals surface area contributed by atoms with Gasteiger partial charge in [0.15, 0.2) is 0 Å². The van der Waals surface area contributed by atoms with Gasteiger partial charge in [-0.25, -0.2) is 0 Å². The molecule has 17 heavy (non-hydrogen) atoms. The topological polar surface area (TPSA) is 44.0 Å². The average molecular weight is 223 g/mol. The molecule has 0 spiro atoms. The van der Waals surface area contributed by atoms with Crippen LogP contribution in [-0.4, -0.2) is 5.11 Å². The Morgan fingerprint density at radius 1 is 1.06 bits per heavy atom. The second-order valence-electron chi connectivity index (χ2n) is 4.20. The highest BCUT2D eigenvalue weighted by Gasteiger charge is 2.05. The second-order valence-corrected chi connectivity index (χ2v) is 4.20. The Morgan fingerprint density at radius 2 is 1.82 bits per heavy atom. The minimum absolute atomic E-state index is 0.125. The molecule has 0 radical (unpaired) electrons. The third-order valence-corrected chi connectivity index (χ3v) is 2.75. The van der Waals surface area contributed by atoms with Crippen LogP contribution in [-0.2, 0) is 0 Å². The molecule has 0 heterocycles. The maximum atomic E-state index is 9.60. The van der Waals surface area contributed by atoms with Crippen LogP contribution in [0.2, 0.25) is 0 Å². The van der Waals surface area contributed by atoms with Gasteiger partial charge in [-0.15, -0.1) is 0 Å². The molecule has 2 aromatic rings. The molecule has 0 atom stereocenters. The van der Waals surface area contributed by atoms with Crippen molar-refractivity contribution in [1.82, 2.24) is 0 Å². The third-order valence-electron chi connectivity index (χ3n) is 2.75. The van der Waals surface area contributed by atoms with Crippen LogP contribution in [0.1, 0.15) is 16.7 Å². The van der Waals surface area contributed by atoms with Gasteiger partial charge in [-0.05, 0) is 48.7 Å². The first-order valence-corrected chi connectivity index (χ1v) is 5.42. The molecule has 2 nitrogen and oxygen atoms in total. The number of aromatic hydroxyl groups is 1. The van der Waals surface area contributed by atoms with Gasteiger partial charge in [-0.2, -0.15) is 5.26 Å². The lowest BCUT2D eigenvalue weighted by atomic mass is 9.97. The molecule has 0 aromatic heterocycles. The van der Waals surface area contributed by atoms with Crippen LogP contribution in [0.5, 0.6) is 5.75 Å². The van der Waals surface area contributed by atoms with Crippen molar-refractivity contribution in [1.29, 1.82) is 5.26 Å². The van der Waals surface area contributed by atoms with Gasteiger partial charge in [0.05, 0.1) is 11.6 Å². The number of hydrogen-bond donors (Lipinski definition) is 1. The number of nitrogens with zero attached hydrogens (tertiary/aromatic N) is 1. The van der Waals surface area contributed by atoms with Gasteiger partial charge in [0.1, 0.15) is 5.75 Å². The summed E-state index contributed by atoms with van der Waals surface area (Å²) in [5.41, 5.74) is 4.69. The van der Waals surface area contributed by atoms with E-state index in [0.717, 1.165) is 22.3 Å². The van der Waals surface area contributed by atoms with Gasteiger partial charge in [0.2, 0.25) is 0 Å². The van der Waals surface area contributed by atoms with Crippen LogP contribution in [0.3, 0.4) is 0 Å². The van der Waals surface area contributed by atoms with Crippen molar-refractivity contribution < 1.29 is 5.11 Å². The van der Waals surface area contributed by atoms with Crippen LogP contribution >= 0.6 is 0 Å². The molecule has 2 aromatic carbocycles. The number of rotatable bonds is 1. The fraction of sp³-hybridized carbons (Fsp3) is 0.133. The van der Waals surface area contributed by atoms with E-state index in [1.54, 1.807) is 12.1 Å². The first-order valence-electron chi connectivity index (χ1n) is 5.42. The Morgan fingerprint density at radius 3 is 2.53 bits per heavy atom. The predicted molar refractivity (Wildman–Crippen MR) is 67.7 cm³/mol. The average Bonchev–Trinajstić information content (AvgIpc) is 2.31. The zero-order chi connectivity index (χ0) is 12.4. The van der Waals surface area contributed by atoms with E-state index in [4.69, 9.17) is 5.26 Å². The zero-order valence-corrected chi connectivity index (χ0v) is 9.86. The normalized spacial score (nSPS) is 9.94. The fourth-order valence-corrected chi connectivity index (χ4v) is 1.88. The largest absolute Gasteiger partial charge is 0.508 e. The molecule has 2 heteroatoms. The summed E-state index contributed by atoms with van der Waals surface area (Å²) >= 11 is 0. The monoisotopic (exact) mass is 223 g/mol. The number of phenolic OH excluding ortho intramolecular Hbond substituents is 1. The summed E-state index contributed by atoms with van der Waals surface area (Å²) in [6.45, 7) is 4.04. The minimum atomic E-state index is 0.125. The third kappa shape index (κ3) is 2.29. The Balaban J connectivity index is 2.64.